The minimum absolute atomic E-state index is 0.452. The molecule has 1 unspecified atom stereocenters. The number of nitrogens with zero attached hydrogens (tertiary/aromatic N) is 2. The summed E-state index contributed by atoms with van der Waals surface area (Å²) in [6.45, 7) is 0.818. The van der Waals surface area contributed by atoms with Crippen molar-refractivity contribution in [3.05, 3.63) is 23.7 Å². The van der Waals surface area contributed by atoms with Gasteiger partial charge in [0.1, 0.15) is 5.82 Å². The zero-order valence-corrected chi connectivity index (χ0v) is 16.9. The van der Waals surface area contributed by atoms with Crippen LogP contribution in [-0.2, 0) is 9.73 Å². The zero-order valence-electron chi connectivity index (χ0n) is 16.0. The maximum absolute atomic E-state index is 12.5. The van der Waals surface area contributed by atoms with Crippen molar-refractivity contribution in [1.29, 1.82) is 4.78 Å². The summed E-state index contributed by atoms with van der Waals surface area (Å²) in [5, 5.41) is 6.21. The molecular weight excluding hydrogens is 346 g/mol. The smallest absolute Gasteiger partial charge is 0.135 e. The fraction of sp³-hybridized carbons (Fsp3) is 0.737. The second-order valence-corrected chi connectivity index (χ2v) is 10.3. The Morgan fingerprint density at radius 3 is 2.42 bits per heavy atom. The molecule has 0 aromatic carbocycles. The lowest BCUT2D eigenvalue weighted by Crippen LogP contribution is -2.36. The van der Waals surface area contributed by atoms with Crippen LogP contribution >= 0.6 is 0 Å². The highest BCUT2D eigenvalue weighted by atomic mass is 32.2. The first-order valence-electron chi connectivity index (χ1n) is 9.78. The lowest BCUT2D eigenvalue weighted by atomic mass is 9.86. The summed E-state index contributed by atoms with van der Waals surface area (Å²) < 4.78 is 20.7. The SMILES string of the molecule is CN/C=N\C(=C1C=CNC1)N(C)[C@H]1CC[C@H](CS(=N)(=O)CC2CC2)CC1. The molecule has 1 atom stereocenters. The van der Waals surface area contributed by atoms with Crippen molar-refractivity contribution in [2.75, 3.05) is 32.1 Å². The first-order chi connectivity index (χ1) is 12.5. The van der Waals surface area contributed by atoms with Crippen molar-refractivity contribution in [1.82, 2.24) is 15.5 Å². The van der Waals surface area contributed by atoms with Gasteiger partial charge in [-0.1, -0.05) is 0 Å². The molecule has 0 aromatic heterocycles. The second-order valence-electron chi connectivity index (χ2n) is 7.98. The third-order valence-electron chi connectivity index (χ3n) is 5.70. The average molecular weight is 380 g/mol. The minimum Gasteiger partial charge on any atom is -0.387 e. The van der Waals surface area contributed by atoms with Gasteiger partial charge >= 0.3 is 0 Å². The largest absolute Gasteiger partial charge is 0.387 e. The Hall–Kier alpha value is -1.50. The predicted molar refractivity (Wildman–Crippen MR) is 109 cm³/mol. The van der Waals surface area contributed by atoms with E-state index in [1.54, 1.807) is 6.34 Å². The van der Waals surface area contributed by atoms with Crippen molar-refractivity contribution < 1.29 is 4.21 Å². The van der Waals surface area contributed by atoms with Crippen LogP contribution in [0, 0.1) is 16.6 Å². The normalized spacial score (nSPS) is 30.1. The van der Waals surface area contributed by atoms with Gasteiger partial charge < -0.3 is 15.5 Å². The van der Waals surface area contributed by atoms with Crippen molar-refractivity contribution in [3.63, 3.8) is 0 Å². The Balaban J connectivity index is 1.56. The molecule has 2 fully saturated rings. The van der Waals surface area contributed by atoms with Crippen LogP contribution in [0.25, 0.3) is 0 Å². The van der Waals surface area contributed by atoms with Crippen LogP contribution in [0.1, 0.15) is 38.5 Å². The van der Waals surface area contributed by atoms with Crippen molar-refractivity contribution in [2.45, 2.75) is 44.6 Å². The van der Waals surface area contributed by atoms with Crippen LogP contribution in [0.3, 0.4) is 0 Å². The molecule has 0 amide bonds. The summed E-state index contributed by atoms with van der Waals surface area (Å²) in [5.74, 6) is 3.30. The molecular formula is C19H33N5OS. The quantitative estimate of drug-likeness (QED) is 0.447. The van der Waals surface area contributed by atoms with E-state index in [1.165, 1.54) is 18.4 Å². The summed E-state index contributed by atoms with van der Waals surface area (Å²) in [6.07, 6.45) is 12.5. The standard InChI is InChI=1S/C19H33N5OS/c1-21-14-23-19(17-9-10-22-11-17)24(2)18-7-5-16(6-8-18)13-26(20,25)12-15-3-4-15/h9-10,14-16,18,20,22H,3-8,11-13H2,1-2H3,(H,21,23)/t16-,18-,26?. The molecule has 2 saturated carbocycles. The Labute approximate surface area is 158 Å². The van der Waals surface area contributed by atoms with Gasteiger partial charge in [-0.2, -0.15) is 0 Å². The van der Waals surface area contributed by atoms with Crippen LogP contribution in [0.15, 0.2) is 28.7 Å². The Kier molecular flexibility index (Phi) is 6.27. The minimum atomic E-state index is -2.37. The van der Waals surface area contributed by atoms with Gasteiger partial charge in [0, 0.05) is 53.5 Å². The van der Waals surface area contributed by atoms with E-state index in [9.17, 15) is 4.21 Å². The average Bonchev–Trinajstić information content (AvgIpc) is 3.23. The molecule has 7 heteroatoms. The fourth-order valence-electron chi connectivity index (χ4n) is 4.05. The molecule has 0 bridgehead atoms. The molecule has 146 valence electrons. The summed E-state index contributed by atoms with van der Waals surface area (Å²) >= 11 is 0. The zero-order chi connectivity index (χ0) is 18.6. The molecule has 3 N–H and O–H groups in total. The second kappa shape index (κ2) is 8.46. The van der Waals surface area contributed by atoms with E-state index >= 15 is 0 Å². The van der Waals surface area contributed by atoms with E-state index in [0.717, 1.165) is 38.0 Å². The van der Waals surface area contributed by atoms with E-state index in [2.05, 4.69) is 33.6 Å². The van der Waals surface area contributed by atoms with E-state index in [-0.39, 0.29) is 0 Å². The molecule has 6 nitrogen and oxygen atoms in total. The van der Waals surface area contributed by atoms with Gasteiger partial charge in [0.25, 0.3) is 0 Å². The summed E-state index contributed by atoms with van der Waals surface area (Å²) in [4.78, 5) is 6.92. The summed E-state index contributed by atoms with van der Waals surface area (Å²) in [5.41, 5.74) is 1.21. The van der Waals surface area contributed by atoms with Gasteiger partial charge in [-0.3, -0.25) is 4.78 Å². The molecule has 0 aromatic rings. The first kappa shape index (κ1) is 19.3. The summed E-state index contributed by atoms with van der Waals surface area (Å²) in [6, 6.07) is 0.460. The maximum Gasteiger partial charge on any atom is 0.135 e. The van der Waals surface area contributed by atoms with Gasteiger partial charge in [0.2, 0.25) is 0 Å². The van der Waals surface area contributed by atoms with Crippen molar-refractivity contribution in [2.24, 2.45) is 16.8 Å². The molecule has 2 aliphatic carbocycles. The molecule has 0 radical (unpaired) electrons. The Morgan fingerprint density at radius 2 is 1.92 bits per heavy atom. The molecule has 0 saturated heterocycles. The number of aliphatic imine (C=N–C) groups is 1. The Bertz CT molecular complexity index is 670. The van der Waals surface area contributed by atoms with Gasteiger partial charge in [-0.25, -0.2) is 9.20 Å². The number of nitrogens with one attached hydrogen (secondary N) is 3. The third-order valence-corrected chi connectivity index (χ3v) is 7.72. The van der Waals surface area contributed by atoms with Crippen molar-refractivity contribution in [3.8, 4) is 0 Å². The molecule has 0 spiro atoms. The molecule has 26 heavy (non-hydrogen) atoms. The summed E-state index contributed by atoms with van der Waals surface area (Å²) in [7, 11) is 1.62. The highest BCUT2D eigenvalue weighted by Gasteiger charge is 2.31. The molecule has 3 aliphatic rings. The fourth-order valence-corrected chi connectivity index (χ4v) is 6.38. The van der Waals surface area contributed by atoms with Crippen molar-refractivity contribution >= 4 is 16.1 Å². The lowest BCUT2D eigenvalue weighted by molar-refractivity contribution is 0.205. The van der Waals surface area contributed by atoms with E-state index in [0.29, 0.717) is 29.4 Å². The van der Waals surface area contributed by atoms with Crippen LogP contribution < -0.4 is 10.6 Å². The number of hydrogen-bond acceptors (Lipinski definition) is 5. The van der Waals surface area contributed by atoms with E-state index in [4.69, 9.17) is 4.78 Å². The van der Waals surface area contributed by atoms with Gasteiger partial charge in [-0.15, -0.1) is 0 Å². The highest BCUT2D eigenvalue weighted by molar-refractivity contribution is 7.92. The topological polar surface area (TPSA) is 80.6 Å². The van der Waals surface area contributed by atoms with Gasteiger partial charge in [0.15, 0.2) is 0 Å². The third kappa shape index (κ3) is 5.25. The number of rotatable bonds is 8. The predicted octanol–water partition coefficient (Wildman–Crippen LogP) is 2.51. The highest BCUT2D eigenvalue weighted by Crippen LogP contribution is 2.34. The van der Waals surface area contributed by atoms with Crippen LogP contribution in [0.4, 0.5) is 0 Å². The number of hydrogen-bond donors (Lipinski definition) is 3. The first-order valence-corrected chi connectivity index (χ1v) is 11.7. The molecule has 1 aliphatic heterocycles. The molecule has 1 heterocycles. The monoisotopic (exact) mass is 379 g/mol. The molecule has 3 rings (SSSR count). The van der Waals surface area contributed by atoms with Gasteiger partial charge in [-0.05, 0) is 62.6 Å². The maximum atomic E-state index is 12.5. The van der Waals surface area contributed by atoms with Gasteiger partial charge in [0.05, 0.1) is 6.34 Å². The van der Waals surface area contributed by atoms with E-state index in [1.807, 2.05) is 13.2 Å². The van der Waals surface area contributed by atoms with E-state index < -0.39 is 9.73 Å². The van der Waals surface area contributed by atoms with Crippen LogP contribution in [-0.4, -0.2) is 53.6 Å². The lowest BCUT2D eigenvalue weighted by Gasteiger charge is -2.36. The van der Waals surface area contributed by atoms with Crippen LogP contribution in [0.5, 0.6) is 0 Å². The van der Waals surface area contributed by atoms with Crippen LogP contribution in [0.2, 0.25) is 0 Å². The Morgan fingerprint density at radius 1 is 1.31 bits per heavy atom.